The van der Waals surface area contributed by atoms with Crippen molar-refractivity contribution in [3.8, 4) is 0 Å². The fourth-order valence-electron chi connectivity index (χ4n) is 4.80. The number of aliphatic hydroxyl groups excluding tert-OH is 1. The van der Waals surface area contributed by atoms with Crippen LogP contribution in [0.3, 0.4) is 0 Å². The van der Waals surface area contributed by atoms with E-state index in [1.165, 1.54) is 5.56 Å². The largest absolute Gasteiger partial charge is 0.474 e. The number of rotatable bonds is 7. The normalized spacial score (nSPS) is 22.7. The molecule has 7 heteroatoms. The summed E-state index contributed by atoms with van der Waals surface area (Å²) in [6, 6.07) is 10.3. The van der Waals surface area contributed by atoms with E-state index < -0.39 is 0 Å². The van der Waals surface area contributed by atoms with Crippen molar-refractivity contribution in [1.82, 2.24) is 15.3 Å². The molecule has 1 atom stereocenters. The monoisotopic (exact) mass is 463 g/mol. The van der Waals surface area contributed by atoms with E-state index in [0.29, 0.717) is 11.8 Å². The molecule has 0 radical (unpaired) electrons. The molecule has 0 amide bonds. The highest BCUT2D eigenvalue weighted by Gasteiger charge is 2.27. The molecule has 2 aromatic rings. The number of nitrogens with zero attached hydrogens (tertiary/aromatic N) is 3. The van der Waals surface area contributed by atoms with Crippen molar-refractivity contribution < 1.29 is 9.84 Å². The lowest BCUT2D eigenvalue weighted by molar-refractivity contribution is 0.119. The van der Waals surface area contributed by atoms with Gasteiger partial charge in [0, 0.05) is 13.2 Å². The van der Waals surface area contributed by atoms with Gasteiger partial charge in [-0.3, -0.25) is 4.99 Å². The third-order valence-corrected chi connectivity index (χ3v) is 6.93. The van der Waals surface area contributed by atoms with Crippen LogP contribution in [0.5, 0.6) is 0 Å². The van der Waals surface area contributed by atoms with Crippen molar-refractivity contribution in [2.24, 2.45) is 10.9 Å². The van der Waals surface area contributed by atoms with Gasteiger partial charge < -0.3 is 20.5 Å². The van der Waals surface area contributed by atoms with Crippen molar-refractivity contribution in [3.63, 3.8) is 0 Å². The van der Waals surface area contributed by atoms with E-state index in [0.717, 1.165) is 68.4 Å². The first-order chi connectivity index (χ1) is 16.5. The molecule has 2 fully saturated rings. The van der Waals surface area contributed by atoms with Crippen LogP contribution in [-0.4, -0.2) is 53.3 Å². The number of ether oxygens (including phenoxy) is 1. The van der Waals surface area contributed by atoms with E-state index in [2.05, 4.69) is 46.2 Å². The first-order valence-electron chi connectivity index (χ1n) is 12.5. The average molecular weight is 464 g/mol. The molecule has 3 N–H and O–H groups in total. The summed E-state index contributed by atoms with van der Waals surface area (Å²) in [6.07, 6.45) is 7.02. The third-order valence-electron chi connectivity index (χ3n) is 6.93. The molecule has 7 nitrogen and oxygen atoms in total. The molecular weight excluding hydrogens is 426 g/mol. The number of anilines is 1. The predicted octanol–water partition coefficient (Wildman–Crippen LogP) is 4.36. The highest BCUT2D eigenvalue weighted by molar-refractivity contribution is 5.98. The molecule has 0 spiro atoms. The molecule has 182 valence electrons. The van der Waals surface area contributed by atoms with Crippen LogP contribution >= 0.6 is 0 Å². The molecular formula is C27H37N5O2. The summed E-state index contributed by atoms with van der Waals surface area (Å²) in [5.41, 5.74) is 3.71. The maximum absolute atomic E-state index is 9.98. The Balaban J connectivity index is 1.61. The Hall–Kier alpha value is -2.77. The van der Waals surface area contributed by atoms with Gasteiger partial charge in [0.2, 0.25) is 11.8 Å². The molecule has 1 aliphatic carbocycles. The fourth-order valence-corrected chi connectivity index (χ4v) is 4.80. The molecule has 4 rings (SSSR count). The van der Waals surface area contributed by atoms with Crippen LogP contribution in [0.1, 0.15) is 68.3 Å². The Morgan fingerprint density at radius 2 is 1.85 bits per heavy atom. The van der Waals surface area contributed by atoms with Crippen LogP contribution in [0.15, 0.2) is 48.1 Å². The molecule has 1 aromatic carbocycles. The van der Waals surface area contributed by atoms with E-state index in [1.54, 1.807) is 7.05 Å². The van der Waals surface area contributed by atoms with Crippen LogP contribution in [0, 0.1) is 5.92 Å². The highest BCUT2D eigenvalue weighted by Crippen LogP contribution is 2.35. The second kappa shape index (κ2) is 11.6. The number of nitrogens with one attached hydrogen (secondary N) is 2. The number of piperidine rings is 1. The zero-order valence-corrected chi connectivity index (χ0v) is 20.3. The summed E-state index contributed by atoms with van der Waals surface area (Å²) in [4.78, 5) is 14.1. The lowest BCUT2D eigenvalue weighted by atomic mass is 9.81. The topological polar surface area (TPSA) is 91.7 Å². The van der Waals surface area contributed by atoms with E-state index >= 15 is 0 Å². The van der Waals surface area contributed by atoms with Gasteiger partial charge in [-0.05, 0) is 75.6 Å². The Morgan fingerprint density at radius 1 is 1.15 bits per heavy atom. The zero-order valence-electron chi connectivity index (χ0n) is 20.3. The molecule has 1 saturated heterocycles. The maximum atomic E-state index is 9.98. The lowest BCUT2D eigenvalue weighted by Crippen LogP contribution is -2.34. The molecule has 2 heterocycles. The van der Waals surface area contributed by atoms with Crippen molar-refractivity contribution >= 4 is 17.4 Å². The van der Waals surface area contributed by atoms with Gasteiger partial charge in [0.05, 0.1) is 23.4 Å². The second-order valence-corrected chi connectivity index (χ2v) is 9.36. The van der Waals surface area contributed by atoms with Gasteiger partial charge in [0.15, 0.2) is 0 Å². The first kappa shape index (κ1) is 24.4. The van der Waals surface area contributed by atoms with Gasteiger partial charge in [-0.1, -0.05) is 36.9 Å². The first-order valence-corrected chi connectivity index (χ1v) is 12.5. The van der Waals surface area contributed by atoms with Crippen molar-refractivity contribution in [1.29, 1.82) is 0 Å². The van der Waals surface area contributed by atoms with E-state index in [1.807, 2.05) is 24.4 Å². The second-order valence-electron chi connectivity index (χ2n) is 9.36. The van der Waals surface area contributed by atoms with Gasteiger partial charge in [-0.2, -0.15) is 0 Å². The molecule has 0 bridgehead atoms. The van der Waals surface area contributed by atoms with Crippen molar-refractivity contribution in [3.05, 3.63) is 59.9 Å². The van der Waals surface area contributed by atoms with Crippen LogP contribution in [-0.2, 0) is 4.74 Å². The minimum atomic E-state index is -0.214. The standard InChI is InChI=1S/C27H37N5O2/c1-18(20-9-11-22(33)12-10-20)25-24(26(28-3)34-23-13-15-29-16-14-23)17-30-27(32-25)31-19(2)21-7-5-4-6-8-21/h4-8,17,19-20,22-23,29,33H,1,9-16H2,2-3H3,(H,30,31,32)/t19-,20?,22?/m1/s1. The molecule has 0 unspecified atom stereocenters. The summed E-state index contributed by atoms with van der Waals surface area (Å²) in [7, 11) is 1.75. The summed E-state index contributed by atoms with van der Waals surface area (Å²) in [5.74, 6) is 1.40. The van der Waals surface area contributed by atoms with Crippen molar-refractivity contribution in [2.45, 2.75) is 63.7 Å². The fraction of sp³-hybridized carbons (Fsp3) is 0.519. The number of allylic oxidation sites excluding steroid dienone is 1. The zero-order chi connectivity index (χ0) is 23.9. The Labute approximate surface area is 202 Å². The number of aliphatic hydroxyl groups is 1. The Morgan fingerprint density at radius 3 is 2.53 bits per heavy atom. The van der Waals surface area contributed by atoms with E-state index in [4.69, 9.17) is 9.72 Å². The van der Waals surface area contributed by atoms with Gasteiger partial charge in [-0.25, -0.2) is 9.97 Å². The van der Waals surface area contributed by atoms with Gasteiger partial charge >= 0.3 is 0 Å². The Bertz CT molecular complexity index is 980. The number of hydrogen-bond acceptors (Lipinski definition) is 7. The Kier molecular flexibility index (Phi) is 8.29. The number of aromatic nitrogens is 2. The number of aliphatic imine (C=N–C) groups is 1. The summed E-state index contributed by atoms with van der Waals surface area (Å²) >= 11 is 0. The van der Waals surface area contributed by atoms with Crippen LogP contribution in [0.25, 0.3) is 5.57 Å². The smallest absolute Gasteiger partial charge is 0.223 e. The van der Waals surface area contributed by atoms with Gasteiger partial charge in [0.1, 0.15) is 6.10 Å². The molecule has 1 aromatic heterocycles. The predicted molar refractivity (Wildman–Crippen MR) is 137 cm³/mol. The van der Waals surface area contributed by atoms with Crippen LogP contribution < -0.4 is 10.6 Å². The summed E-state index contributed by atoms with van der Waals surface area (Å²) < 4.78 is 6.34. The summed E-state index contributed by atoms with van der Waals surface area (Å²) in [5, 5.41) is 16.8. The van der Waals surface area contributed by atoms with E-state index in [9.17, 15) is 5.11 Å². The van der Waals surface area contributed by atoms with Gasteiger partial charge in [0.25, 0.3) is 0 Å². The van der Waals surface area contributed by atoms with Crippen molar-refractivity contribution in [2.75, 3.05) is 25.5 Å². The van der Waals surface area contributed by atoms with E-state index in [-0.39, 0.29) is 24.2 Å². The SMILES string of the molecule is C=C(c1nc(N[C@H](C)c2ccccc2)ncc1C(=NC)OC1CCNCC1)C1CCC(O)CC1. The molecule has 1 aliphatic heterocycles. The molecule has 2 aliphatic rings. The number of hydrogen-bond donors (Lipinski definition) is 3. The minimum Gasteiger partial charge on any atom is -0.474 e. The minimum absolute atomic E-state index is 0.0586. The lowest BCUT2D eigenvalue weighted by Gasteiger charge is -2.28. The van der Waals surface area contributed by atoms with Crippen LogP contribution in [0.4, 0.5) is 5.95 Å². The maximum Gasteiger partial charge on any atom is 0.223 e. The summed E-state index contributed by atoms with van der Waals surface area (Å²) in [6.45, 7) is 8.45. The highest BCUT2D eigenvalue weighted by atomic mass is 16.5. The quantitative estimate of drug-likeness (QED) is 0.417. The van der Waals surface area contributed by atoms with Crippen LogP contribution in [0.2, 0.25) is 0 Å². The molecule has 1 saturated carbocycles. The average Bonchev–Trinajstić information content (AvgIpc) is 2.88. The number of benzene rings is 1. The third kappa shape index (κ3) is 6.02. The molecule has 34 heavy (non-hydrogen) atoms. The van der Waals surface area contributed by atoms with Gasteiger partial charge in [-0.15, -0.1) is 0 Å².